The Kier molecular flexibility index (Phi) is 2.88. The molecule has 0 fully saturated rings. The molecular weight excluding hydrogens is 168 g/mol. The third-order valence-corrected chi connectivity index (χ3v) is 0.998. The van der Waals surface area contributed by atoms with Crippen LogP contribution in [0.1, 0.15) is 27.2 Å². The van der Waals surface area contributed by atoms with Crippen LogP contribution in [-0.4, -0.2) is 0 Å². The van der Waals surface area contributed by atoms with Gasteiger partial charge in [-0.05, 0) is 0 Å². The van der Waals surface area contributed by atoms with Gasteiger partial charge in [0.1, 0.15) is 0 Å². The molecule has 0 spiro atoms. The van der Waals surface area contributed by atoms with E-state index < -0.39 is 0 Å². The van der Waals surface area contributed by atoms with E-state index in [-0.39, 0.29) is 0 Å². The van der Waals surface area contributed by atoms with Crippen LogP contribution < -0.4 is 0 Å². The van der Waals surface area contributed by atoms with E-state index in [0.29, 0.717) is 5.41 Å². The number of rotatable bonds is 0. The SMILES string of the molecule is CC(C)(C)C[C]#[MoH]. The molecule has 0 radical (unpaired) electrons. The summed E-state index contributed by atoms with van der Waals surface area (Å²) in [7, 11) is 0. The predicted octanol–water partition coefficient (Wildman–Crippen LogP) is 1.66. The second-order valence-electron chi connectivity index (χ2n) is 2.90. The van der Waals surface area contributed by atoms with Gasteiger partial charge in [-0.3, -0.25) is 0 Å². The average Bonchev–Trinajstić information content (AvgIpc) is 1.30. The van der Waals surface area contributed by atoms with Gasteiger partial charge in [-0.25, -0.2) is 0 Å². The Morgan fingerprint density at radius 1 is 1.43 bits per heavy atom. The molecule has 0 rings (SSSR count). The van der Waals surface area contributed by atoms with Gasteiger partial charge in [0.25, 0.3) is 0 Å². The zero-order valence-corrected chi connectivity index (χ0v) is 7.35. The van der Waals surface area contributed by atoms with Crippen LogP contribution in [0.3, 0.4) is 0 Å². The van der Waals surface area contributed by atoms with E-state index in [2.05, 4.69) is 25.0 Å². The predicted molar refractivity (Wildman–Crippen MR) is 29.4 cm³/mol. The van der Waals surface area contributed by atoms with Crippen molar-refractivity contribution in [3.05, 3.63) is 0 Å². The maximum absolute atomic E-state index is 3.16. The zero-order valence-electron chi connectivity index (χ0n) is 5.15. The van der Waals surface area contributed by atoms with Crippen molar-refractivity contribution in [1.29, 1.82) is 0 Å². The first-order valence-corrected chi connectivity index (χ1v) is 3.53. The van der Waals surface area contributed by atoms with Crippen molar-refractivity contribution in [3.63, 3.8) is 0 Å². The first-order valence-electron chi connectivity index (χ1n) is 2.43. The molecule has 0 aromatic carbocycles. The van der Waals surface area contributed by atoms with Crippen molar-refractivity contribution in [2.24, 2.45) is 5.41 Å². The minimum atomic E-state index is 0.452. The van der Waals surface area contributed by atoms with Gasteiger partial charge >= 0.3 is 56.0 Å². The maximum atomic E-state index is 3.16. The minimum absolute atomic E-state index is 0.452. The summed E-state index contributed by atoms with van der Waals surface area (Å²) in [4.78, 5) is 0. The van der Waals surface area contributed by atoms with E-state index in [4.69, 9.17) is 0 Å². The Hall–Kier alpha value is 0.468. The fraction of sp³-hybridized carbons (Fsp3) is 0.833. The van der Waals surface area contributed by atoms with E-state index >= 15 is 0 Å². The molecule has 0 aliphatic heterocycles. The van der Waals surface area contributed by atoms with Crippen LogP contribution in [-0.2, 0) is 19.2 Å². The van der Waals surface area contributed by atoms with Gasteiger partial charge in [0.05, 0.1) is 0 Å². The van der Waals surface area contributed by atoms with Crippen LogP contribution >= 0.6 is 0 Å². The van der Waals surface area contributed by atoms with Crippen molar-refractivity contribution in [3.8, 4) is 4.20 Å². The van der Waals surface area contributed by atoms with Crippen LogP contribution in [0.15, 0.2) is 0 Å². The molecule has 0 nitrogen and oxygen atoms in total. The van der Waals surface area contributed by atoms with Crippen molar-refractivity contribution in [2.45, 2.75) is 27.2 Å². The summed E-state index contributed by atoms with van der Waals surface area (Å²) in [6, 6.07) is 0. The van der Waals surface area contributed by atoms with Gasteiger partial charge in [0.2, 0.25) is 0 Å². The van der Waals surface area contributed by atoms with Crippen LogP contribution in [0.4, 0.5) is 0 Å². The quantitative estimate of drug-likeness (QED) is 0.497. The molecule has 0 unspecified atom stereocenters. The topological polar surface area (TPSA) is 0 Å². The second kappa shape index (κ2) is 2.70. The molecule has 0 bridgehead atoms. The van der Waals surface area contributed by atoms with Crippen molar-refractivity contribution in [2.75, 3.05) is 0 Å². The summed E-state index contributed by atoms with van der Waals surface area (Å²) in [6.07, 6.45) is 1.11. The fourth-order valence-corrected chi connectivity index (χ4v) is 1.40. The monoisotopic (exact) mass is 182 g/mol. The van der Waals surface area contributed by atoms with Gasteiger partial charge in [-0.2, -0.15) is 0 Å². The van der Waals surface area contributed by atoms with Gasteiger partial charge in [0.15, 0.2) is 0 Å². The summed E-state index contributed by atoms with van der Waals surface area (Å²) >= 11 is 1.67. The standard InChI is InChI=1S/C6H11.Mo.H/c1-5-6(2,3)4;;/h5H2,2-4H3;;. The van der Waals surface area contributed by atoms with E-state index in [0.717, 1.165) is 6.42 Å². The summed E-state index contributed by atoms with van der Waals surface area (Å²) in [5.41, 5.74) is 0.452. The molecule has 0 amide bonds. The third kappa shape index (κ3) is 6.47. The van der Waals surface area contributed by atoms with Crippen molar-refractivity contribution < 1.29 is 19.2 Å². The Morgan fingerprint density at radius 3 is 1.86 bits per heavy atom. The van der Waals surface area contributed by atoms with E-state index in [9.17, 15) is 0 Å². The van der Waals surface area contributed by atoms with Gasteiger partial charge in [-0.15, -0.1) is 0 Å². The van der Waals surface area contributed by atoms with Gasteiger partial charge in [0, 0.05) is 0 Å². The van der Waals surface area contributed by atoms with Crippen LogP contribution in [0.25, 0.3) is 0 Å². The summed E-state index contributed by atoms with van der Waals surface area (Å²) in [5.74, 6) is 0. The van der Waals surface area contributed by atoms with E-state index in [1.165, 1.54) is 0 Å². The van der Waals surface area contributed by atoms with Crippen LogP contribution in [0.5, 0.6) is 0 Å². The van der Waals surface area contributed by atoms with Crippen molar-refractivity contribution in [1.82, 2.24) is 0 Å². The Balaban J connectivity index is 3.40. The molecule has 0 aromatic heterocycles. The fourth-order valence-electron chi connectivity index (χ4n) is 0.237. The average molecular weight is 180 g/mol. The molecule has 42 valence electrons. The molecule has 0 saturated heterocycles. The van der Waals surface area contributed by atoms with E-state index in [1.807, 2.05) is 0 Å². The molecule has 0 aromatic rings. The number of hydrogen-bond donors (Lipinski definition) is 0. The molecule has 7 heavy (non-hydrogen) atoms. The summed E-state index contributed by atoms with van der Waals surface area (Å²) in [6.45, 7) is 6.66. The van der Waals surface area contributed by atoms with Crippen molar-refractivity contribution >= 4 is 0 Å². The Morgan fingerprint density at radius 2 is 1.86 bits per heavy atom. The van der Waals surface area contributed by atoms with Gasteiger partial charge in [-0.1, -0.05) is 0 Å². The first kappa shape index (κ1) is 7.47. The molecule has 0 aliphatic rings. The van der Waals surface area contributed by atoms with Crippen LogP contribution in [0, 0.1) is 9.62 Å². The molecule has 0 N–H and O–H groups in total. The summed E-state index contributed by atoms with van der Waals surface area (Å²) in [5, 5.41) is 0. The third-order valence-electron chi connectivity index (χ3n) is 0.609. The molecule has 0 aliphatic carbocycles. The molecule has 1 heteroatoms. The Labute approximate surface area is 56.3 Å². The molecule has 0 atom stereocenters. The molecular formula is C6H12Mo. The summed E-state index contributed by atoms with van der Waals surface area (Å²) < 4.78 is 3.16. The van der Waals surface area contributed by atoms with Crippen LogP contribution in [0.2, 0.25) is 0 Å². The van der Waals surface area contributed by atoms with Gasteiger partial charge < -0.3 is 0 Å². The number of hydrogen-bond acceptors (Lipinski definition) is 0. The zero-order chi connectivity index (χ0) is 5.91. The normalized spacial score (nSPS) is 10.7. The molecule has 0 heterocycles. The first-order chi connectivity index (χ1) is 3.06. The second-order valence-corrected chi connectivity index (χ2v) is 3.67. The van der Waals surface area contributed by atoms with E-state index in [1.54, 1.807) is 19.2 Å². The Bertz CT molecular complexity index is 81.3. The molecule has 0 saturated carbocycles.